The van der Waals surface area contributed by atoms with Gasteiger partial charge in [0.1, 0.15) is 11.6 Å². The average Bonchev–Trinajstić information content (AvgIpc) is 2.97. The van der Waals surface area contributed by atoms with E-state index in [0.29, 0.717) is 12.8 Å². The van der Waals surface area contributed by atoms with Crippen molar-refractivity contribution in [1.82, 2.24) is 10.2 Å². The van der Waals surface area contributed by atoms with E-state index in [0.717, 1.165) is 38.8 Å². The zero-order chi connectivity index (χ0) is 17.0. The van der Waals surface area contributed by atoms with Gasteiger partial charge in [0.2, 0.25) is 5.91 Å². The number of amides is 2. The molecule has 132 valence electrons. The summed E-state index contributed by atoms with van der Waals surface area (Å²) in [7, 11) is 0. The lowest BCUT2D eigenvalue weighted by molar-refractivity contribution is -0.134. The number of likely N-dealkylation sites (tertiary alicyclic amines) is 1. The molecule has 0 bridgehead atoms. The van der Waals surface area contributed by atoms with E-state index in [4.69, 9.17) is 4.74 Å². The smallest absolute Gasteiger partial charge is 0.408 e. The van der Waals surface area contributed by atoms with Crippen molar-refractivity contribution in [2.45, 2.75) is 77.0 Å². The first-order valence-electron chi connectivity index (χ1n) is 8.72. The summed E-state index contributed by atoms with van der Waals surface area (Å²) >= 11 is 0. The summed E-state index contributed by atoms with van der Waals surface area (Å²) in [4.78, 5) is 26.8. The molecule has 2 N–H and O–H groups in total. The molecule has 2 aliphatic rings. The molecule has 1 aliphatic heterocycles. The second-order valence-electron chi connectivity index (χ2n) is 7.72. The first-order valence-corrected chi connectivity index (χ1v) is 8.72. The predicted molar refractivity (Wildman–Crippen MR) is 86.9 cm³/mol. The minimum Gasteiger partial charge on any atom is -0.444 e. The summed E-state index contributed by atoms with van der Waals surface area (Å²) in [6, 6.07) is -0.546. The maximum Gasteiger partial charge on any atom is 0.408 e. The standard InChI is InChI=1S/C17H30N2O4/c1-17(2,3)23-16(22)18-14(12-6-8-13(20)9-7-12)15(21)19-10-4-5-11-19/h12-14,20H,4-11H2,1-3H3,(H,18,22). The molecule has 1 unspecified atom stereocenters. The van der Waals surface area contributed by atoms with E-state index >= 15 is 0 Å². The molecule has 1 aliphatic carbocycles. The third-order valence-electron chi connectivity index (χ3n) is 4.57. The van der Waals surface area contributed by atoms with Gasteiger partial charge in [0.15, 0.2) is 0 Å². The molecule has 6 heteroatoms. The number of hydrogen-bond acceptors (Lipinski definition) is 4. The van der Waals surface area contributed by atoms with Gasteiger partial charge < -0.3 is 20.1 Å². The summed E-state index contributed by atoms with van der Waals surface area (Å²) in [5.74, 6) is 0.0637. The maximum absolute atomic E-state index is 12.8. The van der Waals surface area contributed by atoms with Crippen molar-refractivity contribution in [2.24, 2.45) is 5.92 Å². The van der Waals surface area contributed by atoms with Crippen molar-refractivity contribution in [1.29, 1.82) is 0 Å². The fraction of sp³-hybridized carbons (Fsp3) is 0.882. The molecule has 0 aromatic rings. The number of nitrogens with zero attached hydrogens (tertiary/aromatic N) is 1. The van der Waals surface area contributed by atoms with Crippen molar-refractivity contribution >= 4 is 12.0 Å². The quantitative estimate of drug-likeness (QED) is 0.832. The van der Waals surface area contributed by atoms with Crippen LogP contribution in [0.3, 0.4) is 0 Å². The van der Waals surface area contributed by atoms with Gasteiger partial charge in [-0.2, -0.15) is 0 Å². The van der Waals surface area contributed by atoms with E-state index in [-0.39, 0.29) is 17.9 Å². The molecule has 2 fully saturated rings. The molecule has 1 saturated heterocycles. The van der Waals surface area contributed by atoms with Crippen molar-refractivity contribution in [3.05, 3.63) is 0 Å². The normalized spacial score (nSPS) is 26.7. The van der Waals surface area contributed by atoms with E-state index in [2.05, 4.69) is 5.32 Å². The minimum atomic E-state index is -0.589. The second kappa shape index (κ2) is 7.51. The van der Waals surface area contributed by atoms with Crippen molar-refractivity contribution < 1.29 is 19.4 Å². The van der Waals surface area contributed by atoms with Gasteiger partial charge in [0.25, 0.3) is 0 Å². The molecular formula is C17H30N2O4. The number of ether oxygens (including phenoxy) is 1. The molecule has 0 spiro atoms. The molecule has 1 heterocycles. The van der Waals surface area contributed by atoms with Gasteiger partial charge in [-0.1, -0.05) is 0 Å². The van der Waals surface area contributed by atoms with E-state index < -0.39 is 17.7 Å². The van der Waals surface area contributed by atoms with Crippen LogP contribution in [-0.2, 0) is 9.53 Å². The summed E-state index contributed by atoms with van der Waals surface area (Å²) in [6.45, 7) is 6.95. The molecule has 1 saturated carbocycles. The lowest BCUT2D eigenvalue weighted by atomic mass is 9.82. The average molecular weight is 326 g/mol. The van der Waals surface area contributed by atoms with E-state index in [9.17, 15) is 14.7 Å². The summed E-state index contributed by atoms with van der Waals surface area (Å²) in [5.41, 5.74) is -0.589. The number of carbonyl (C=O) groups excluding carboxylic acids is 2. The Labute approximate surface area is 138 Å². The highest BCUT2D eigenvalue weighted by Crippen LogP contribution is 2.28. The molecule has 23 heavy (non-hydrogen) atoms. The largest absolute Gasteiger partial charge is 0.444 e. The number of rotatable bonds is 3. The van der Waals surface area contributed by atoms with Gasteiger partial charge in [-0.05, 0) is 65.2 Å². The molecule has 6 nitrogen and oxygen atoms in total. The Bertz CT molecular complexity index is 419. The zero-order valence-corrected chi connectivity index (χ0v) is 14.5. The third-order valence-corrected chi connectivity index (χ3v) is 4.57. The van der Waals surface area contributed by atoms with Gasteiger partial charge in [-0.3, -0.25) is 4.79 Å². The lowest BCUT2D eigenvalue weighted by Crippen LogP contribution is -2.53. The Kier molecular flexibility index (Phi) is 5.89. The monoisotopic (exact) mass is 326 g/mol. The van der Waals surface area contributed by atoms with Crippen LogP contribution in [0.5, 0.6) is 0 Å². The number of alkyl carbamates (subject to hydrolysis) is 1. The molecule has 0 aromatic carbocycles. The topological polar surface area (TPSA) is 78.9 Å². The predicted octanol–water partition coefficient (Wildman–Crippen LogP) is 2.05. The van der Waals surface area contributed by atoms with E-state index in [1.807, 2.05) is 4.90 Å². The number of aliphatic hydroxyl groups is 1. The van der Waals surface area contributed by atoms with Crippen LogP contribution in [0.15, 0.2) is 0 Å². The first kappa shape index (κ1) is 18.0. The number of aliphatic hydroxyl groups excluding tert-OH is 1. The van der Waals surface area contributed by atoms with Gasteiger partial charge in [0.05, 0.1) is 6.10 Å². The minimum absolute atomic E-state index is 0.00486. The van der Waals surface area contributed by atoms with Crippen LogP contribution in [0.1, 0.15) is 59.3 Å². The van der Waals surface area contributed by atoms with Crippen molar-refractivity contribution in [3.8, 4) is 0 Å². The number of hydrogen-bond donors (Lipinski definition) is 2. The summed E-state index contributed by atoms with van der Waals surface area (Å²) < 4.78 is 5.32. The lowest BCUT2D eigenvalue weighted by Gasteiger charge is -2.34. The van der Waals surface area contributed by atoms with Gasteiger partial charge in [-0.25, -0.2) is 4.79 Å². The van der Waals surface area contributed by atoms with Crippen molar-refractivity contribution in [3.63, 3.8) is 0 Å². The molecule has 0 aromatic heterocycles. The second-order valence-corrected chi connectivity index (χ2v) is 7.72. The van der Waals surface area contributed by atoms with Crippen LogP contribution in [-0.4, -0.2) is 52.8 Å². The Hall–Kier alpha value is -1.30. The summed E-state index contributed by atoms with van der Waals surface area (Å²) in [5, 5.41) is 12.5. The first-order chi connectivity index (χ1) is 10.8. The van der Waals surface area contributed by atoms with Gasteiger partial charge in [0, 0.05) is 13.1 Å². The Morgan fingerprint density at radius 3 is 2.22 bits per heavy atom. The highest BCUT2D eigenvalue weighted by atomic mass is 16.6. The highest BCUT2D eigenvalue weighted by Gasteiger charge is 2.36. The fourth-order valence-corrected chi connectivity index (χ4v) is 3.38. The third kappa shape index (κ3) is 5.37. The van der Waals surface area contributed by atoms with E-state index in [1.54, 1.807) is 20.8 Å². The van der Waals surface area contributed by atoms with Crippen LogP contribution in [0.25, 0.3) is 0 Å². The van der Waals surface area contributed by atoms with Crippen molar-refractivity contribution in [2.75, 3.05) is 13.1 Å². The molecule has 1 atom stereocenters. The maximum atomic E-state index is 12.8. The van der Waals surface area contributed by atoms with Crippen LogP contribution in [0.2, 0.25) is 0 Å². The number of carbonyl (C=O) groups is 2. The molecule has 2 amide bonds. The molecule has 2 rings (SSSR count). The van der Waals surface area contributed by atoms with Gasteiger partial charge >= 0.3 is 6.09 Å². The fourth-order valence-electron chi connectivity index (χ4n) is 3.38. The Morgan fingerprint density at radius 2 is 1.70 bits per heavy atom. The Morgan fingerprint density at radius 1 is 1.13 bits per heavy atom. The summed E-state index contributed by atoms with van der Waals surface area (Å²) in [6.07, 6.45) is 4.09. The Balaban J connectivity index is 2.04. The van der Waals surface area contributed by atoms with Gasteiger partial charge in [-0.15, -0.1) is 0 Å². The SMILES string of the molecule is CC(C)(C)OC(=O)NC(C(=O)N1CCCC1)C1CCC(O)CC1. The molecule has 0 radical (unpaired) electrons. The molecular weight excluding hydrogens is 296 g/mol. The van der Waals surface area contributed by atoms with Crippen LogP contribution < -0.4 is 5.32 Å². The van der Waals surface area contributed by atoms with Crippen LogP contribution >= 0.6 is 0 Å². The van der Waals surface area contributed by atoms with Crippen LogP contribution in [0, 0.1) is 5.92 Å². The highest BCUT2D eigenvalue weighted by molar-refractivity contribution is 5.86. The van der Waals surface area contributed by atoms with Crippen LogP contribution in [0.4, 0.5) is 4.79 Å². The number of nitrogens with one attached hydrogen (secondary N) is 1. The van der Waals surface area contributed by atoms with E-state index in [1.165, 1.54) is 0 Å². The zero-order valence-electron chi connectivity index (χ0n) is 14.5.